The third kappa shape index (κ3) is 4.70. The molecule has 2 N–H and O–H groups in total. The van der Waals surface area contributed by atoms with Crippen LogP contribution in [-0.4, -0.2) is 79.1 Å². The van der Waals surface area contributed by atoms with Crippen LogP contribution in [0.4, 0.5) is 5.82 Å². The molecule has 1 aliphatic carbocycles. The number of rotatable bonds is 6. The normalized spacial score (nSPS) is 28.7. The number of nitrogens with one attached hydrogen (secondary N) is 1. The topological polar surface area (TPSA) is 117 Å². The van der Waals surface area contributed by atoms with Crippen molar-refractivity contribution < 1.29 is 18.3 Å². The fourth-order valence-electron chi connectivity index (χ4n) is 4.61. The summed E-state index contributed by atoms with van der Waals surface area (Å²) in [5, 5.41) is 14.8. The molecule has 11 heteroatoms. The van der Waals surface area contributed by atoms with Crippen LogP contribution in [0.1, 0.15) is 44.6 Å². The molecule has 0 aromatic carbocycles. The highest BCUT2D eigenvalue weighted by atomic mass is 32.2. The van der Waals surface area contributed by atoms with E-state index in [0.717, 1.165) is 38.6 Å². The molecule has 1 saturated carbocycles. The minimum Gasteiger partial charge on any atom is -0.391 e. The van der Waals surface area contributed by atoms with Crippen molar-refractivity contribution in [2.24, 2.45) is 0 Å². The fraction of sp³-hybridized carbons (Fsp3) is 0.789. The Hall–Kier alpha value is -1.53. The van der Waals surface area contributed by atoms with Gasteiger partial charge in [-0.2, -0.15) is 17.8 Å². The van der Waals surface area contributed by atoms with Crippen molar-refractivity contribution in [2.45, 2.75) is 56.7 Å². The standard InChI is InChI=1S/C19H31N5O5S/c25-17-6-3-5-16(17)24-19(26)8-7-18(21-24)23-9-2-1-4-15(23)14-20-30(27,28)22-10-12-29-13-11-22/h7-8,15-17,20,25H,1-6,9-14H2. The van der Waals surface area contributed by atoms with Crippen molar-refractivity contribution in [3.63, 3.8) is 0 Å². The van der Waals surface area contributed by atoms with E-state index in [4.69, 9.17) is 4.74 Å². The van der Waals surface area contributed by atoms with E-state index >= 15 is 0 Å². The summed E-state index contributed by atoms with van der Waals surface area (Å²) in [5.74, 6) is 0.656. The highest BCUT2D eigenvalue weighted by Crippen LogP contribution is 2.29. The van der Waals surface area contributed by atoms with Gasteiger partial charge in [-0.1, -0.05) is 0 Å². The summed E-state index contributed by atoms with van der Waals surface area (Å²) in [6.45, 7) is 2.58. The fourth-order valence-corrected chi connectivity index (χ4v) is 5.82. The van der Waals surface area contributed by atoms with Gasteiger partial charge >= 0.3 is 0 Å². The summed E-state index contributed by atoms with van der Waals surface area (Å²) >= 11 is 0. The number of ether oxygens (including phenoxy) is 1. The maximum Gasteiger partial charge on any atom is 0.279 e. The minimum absolute atomic E-state index is 0.0403. The molecule has 3 atom stereocenters. The average molecular weight is 442 g/mol. The minimum atomic E-state index is -3.56. The van der Waals surface area contributed by atoms with E-state index in [1.54, 1.807) is 6.07 Å². The van der Waals surface area contributed by atoms with Crippen LogP contribution in [0.15, 0.2) is 16.9 Å². The number of hydrogen-bond donors (Lipinski definition) is 2. The summed E-state index contributed by atoms with van der Waals surface area (Å²) < 4.78 is 36.1. The van der Waals surface area contributed by atoms with E-state index in [-0.39, 0.29) is 24.2 Å². The lowest BCUT2D eigenvalue weighted by Crippen LogP contribution is -2.52. The van der Waals surface area contributed by atoms with E-state index in [2.05, 4.69) is 14.7 Å². The number of aliphatic hydroxyl groups excluding tert-OH is 1. The first kappa shape index (κ1) is 21.7. The highest BCUT2D eigenvalue weighted by molar-refractivity contribution is 7.87. The third-order valence-electron chi connectivity index (χ3n) is 6.30. The van der Waals surface area contributed by atoms with Gasteiger partial charge in [0.15, 0.2) is 0 Å². The van der Waals surface area contributed by atoms with E-state index in [0.29, 0.717) is 38.5 Å². The van der Waals surface area contributed by atoms with Gasteiger partial charge in [0.1, 0.15) is 5.82 Å². The number of nitrogens with zero attached hydrogens (tertiary/aromatic N) is 4. The molecule has 4 rings (SSSR count). The Morgan fingerprint density at radius 1 is 1.10 bits per heavy atom. The first-order valence-electron chi connectivity index (χ1n) is 10.8. The monoisotopic (exact) mass is 441 g/mol. The maximum absolute atomic E-state index is 12.6. The Balaban J connectivity index is 1.49. The summed E-state index contributed by atoms with van der Waals surface area (Å²) in [4.78, 5) is 14.4. The van der Waals surface area contributed by atoms with Gasteiger partial charge in [0, 0.05) is 38.3 Å². The lowest BCUT2D eigenvalue weighted by molar-refractivity contribution is 0.0724. The van der Waals surface area contributed by atoms with Crippen molar-refractivity contribution in [1.82, 2.24) is 18.8 Å². The van der Waals surface area contributed by atoms with E-state index in [1.165, 1.54) is 15.1 Å². The molecule has 3 aliphatic rings. The second-order valence-electron chi connectivity index (χ2n) is 8.25. The van der Waals surface area contributed by atoms with Crippen molar-refractivity contribution in [3.8, 4) is 0 Å². The smallest absolute Gasteiger partial charge is 0.279 e. The van der Waals surface area contributed by atoms with Crippen molar-refractivity contribution in [2.75, 3.05) is 44.3 Å². The zero-order valence-corrected chi connectivity index (χ0v) is 18.0. The van der Waals surface area contributed by atoms with Crippen LogP contribution in [0.25, 0.3) is 0 Å². The second-order valence-corrected chi connectivity index (χ2v) is 10.0. The lowest BCUT2D eigenvalue weighted by atomic mass is 10.0. The average Bonchev–Trinajstić information content (AvgIpc) is 3.19. The van der Waals surface area contributed by atoms with Crippen molar-refractivity contribution in [3.05, 3.63) is 22.5 Å². The Morgan fingerprint density at radius 2 is 1.90 bits per heavy atom. The summed E-state index contributed by atoms with van der Waals surface area (Å²) in [7, 11) is -3.56. The molecule has 10 nitrogen and oxygen atoms in total. The Bertz CT molecular complexity index is 886. The molecule has 0 radical (unpaired) electrons. The predicted octanol–water partition coefficient (Wildman–Crippen LogP) is -0.145. The Labute approximate surface area is 177 Å². The van der Waals surface area contributed by atoms with Gasteiger partial charge in [-0.25, -0.2) is 9.40 Å². The third-order valence-corrected chi connectivity index (χ3v) is 7.88. The van der Waals surface area contributed by atoms with Crippen molar-refractivity contribution >= 4 is 16.0 Å². The molecule has 0 amide bonds. The molecule has 0 spiro atoms. The van der Waals surface area contributed by atoms with E-state index < -0.39 is 16.3 Å². The summed E-state index contributed by atoms with van der Waals surface area (Å²) in [5.41, 5.74) is -0.216. The van der Waals surface area contributed by atoms with Crippen LogP contribution in [0, 0.1) is 0 Å². The Kier molecular flexibility index (Phi) is 6.73. The van der Waals surface area contributed by atoms with Gasteiger partial charge < -0.3 is 14.7 Å². The van der Waals surface area contributed by atoms with Gasteiger partial charge in [-0.3, -0.25) is 4.79 Å². The molecule has 2 aliphatic heterocycles. The molecule has 1 aromatic heterocycles. The number of aliphatic hydroxyl groups is 1. The largest absolute Gasteiger partial charge is 0.391 e. The van der Waals surface area contributed by atoms with Gasteiger partial charge in [-0.05, 0) is 44.6 Å². The van der Waals surface area contributed by atoms with Crippen LogP contribution in [0.2, 0.25) is 0 Å². The predicted molar refractivity (Wildman–Crippen MR) is 112 cm³/mol. The summed E-state index contributed by atoms with van der Waals surface area (Å²) in [6.07, 6.45) is 4.58. The van der Waals surface area contributed by atoms with Gasteiger partial charge in [-0.15, -0.1) is 0 Å². The van der Waals surface area contributed by atoms with Crippen LogP contribution in [0.3, 0.4) is 0 Å². The molecule has 3 heterocycles. The second kappa shape index (κ2) is 9.31. The molecular weight excluding hydrogens is 410 g/mol. The number of hydrogen-bond acceptors (Lipinski definition) is 7. The molecule has 3 unspecified atom stereocenters. The van der Waals surface area contributed by atoms with Gasteiger partial charge in [0.25, 0.3) is 15.8 Å². The molecule has 1 aromatic rings. The van der Waals surface area contributed by atoms with Crippen molar-refractivity contribution in [1.29, 1.82) is 0 Å². The zero-order valence-electron chi connectivity index (χ0n) is 17.1. The SMILES string of the molecule is O=c1ccc(N2CCCCC2CNS(=O)(=O)N2CCOCC2)nn1C1CCCC1O. The first-order chi connectivity index (χ1) is 14.5. The molecular formula is C19H31N5O5S. The first-order valence-corrected chi connectivity index (χ1v) is 12.3. The van der Waals surface area contributed by atoms with Crippen LogP contribution in [-0.2, 0) is 14.9 Å². The maximum atomic E-state index is 12.6. The highest BCUT2D eigenvalue weighted by Gasteiger charge is 2.31. The number of piperidine rings is 1. The van der Waals surface area contributed by atoms with Crippen LogP contribution >= 0.6 is 0 Å². The quantitative estimate of drug-likeness (QED) is 0.631. The molecule has 168 valence electrons. The molecule has 3 fully saturated rings. The number of aromatic nitrogens is 2. The van der Waals surface area contributed by atoms with E-state index in [1.807, 2.05) is 0 Å². The van der Waals surface area contributed by atoms with Crippen LogP contribution < -0.4 is 15.2 Å². The van der Waals surface area contributed by atoms with Gasteiger partial charge in [0.05, 0.1) is 25.4 Å². The number of anilines is 1. The lowest BCUT2D eigenvalue weighted by Gasteiger charge is -2.37. The Morgan fingerprint density at radius 3 is 2.63 bits per heavy atom. The van der Waals surface area contributed by atoms with E-state index in [9.17, 15) is 18.3 Å². The molecule has 30 heavy (non-hydrogen) atoms. The molecule has 0 bridgehead atoms. The molecule has 2 saturated heterocycles. The summed E-state index contributed by atoms with van der Waals surface area (Å²) in [6, 6.07) is 2.87. The van der Waals surface area contributed by atoms with Crippen LogP contribution in [0.5, 0.6) is 0 Å². The number of morpholine rings is 1. The van der Waals surface area contributed by atoms with Gasteiger partial charge in [0.2, 0.25) is 0 Å². The zero-order chi connectivity index (χ0) is 21.1.